The van der Waals surface area contributed by atoms with E-state index in [0.29, 0.717) is 42.6 Å². The number of pyridine rings is 1. The second-order valence-electron chi connectivity index (χ2n) is 13.2. The maximum atomic E-state index is 14.0. The molecule has 1 amide bonds. The summed E-state index contributed by atoms with van der Waals surface area (Å²) in [5, 5.41) is 15.7. The monoisotopic (exact) mass is 691 g/mol. The molecule has 0 saturated heterocycles. The second-order valence-corrected chi connectivity index (χ2v) is 14.9. The molecule has 16 heteroatoms. The fourth-order valence-corrected chi connectivity index (χ4v) is 6.41. The Morgan fingerprint density at radius 3 is 2.59 bits per heavy atom. The SMILES string of the molecule is BC1COc2cc(S(=O)(=O)NC(=O)c3ccc(N(C)CC)cc3N(CC)c3cc4cc[nH]c4nc3OCCC(C)(C)C)cc([N+](=O)[O-])c2N1. The van der Waals surface area contributed by atoms with Gasteiger partial charge in [-0.25, -0.2) is 13.1 Å². The van der Waals surface area contributed by atoms with E-state index in [-0.39, 0.29) is 35.0 Å². The molecule has 1 aliphatic heterocycles. The Kier molecular flexibility index (Phi) is 9.99. The summed E-state index contributed by atoms with van der Waals surface area (Å²) < 4.78 is 41.4. The number of hydrogen-bond donors (Lipinski definition) is 3. The first-order chi connectivity index (χ1) is 23.1. The number of nitro benzene ring substituents is 1. The Bertz CT molecular complexity index is 2000. The predicted octanol–water partition coefficient (Wildman–Crippen LogP) is 4.78. The number of sulfonamides is 1. The summed E-state index contributed by atoms with van der Waals surface area (Å²) in [6, 6.07) is 11.0. The number of nitro groups is 1. The van der Waals surface area contributed by atoms with Gasteiger partial charge in [-0.15, -0.1) is 0 Å². The molecule has 0 bridgehead atoms. The Hall–Kier alpha value is -4.99. The molecular weight excluding hydrogens is 649 g/mol. The molecule has 0 saturated carbocycles. The van der Waals surface area contributed by atoms with Crippen molar-refractivity contribution in [3.05, 3.63) is 64.3 Å². The summed E-state index contributed by atoms with van der Waals surface area (Å²) in [4.78, 5) is 36.5. The average molecular weight is 692 g/mol. The van der Waals surface area contributed by atoms with Crippen molar-refractivity contribution < 1.29 is 27.6 Å². The van der Waals surface area contributed by atoms with Crippen molar-refractivity contribution in [1.82, 2.24) is 14.7 Å². The Morgan fingerprint density at radius 1 is 1.16 bits per heavy atom. The van der Waals surface area contributed by atoms with Gasteiger partial charge in [0.25, 0.3) is 21.6 Å². The van der Waals surface area contributed by atoms with Crippen molar-refractivity contribution in [1.29, 1.82) is 0 Å². The van der Waals surface area contributed by atoms with Crippen LogP contribution in [0.25, 0.3) is 11.0 Å². The van der Waals surface area contributed by atoms with Gasteiger partial charge in [-0.1, -0.05) is 20.8 Å². The minimum absolute atomic E-state index is 0.0107. The maximum absolute atomic E-state index is 14.0. The average Bonchev–Trinajstić information content (AvgIpc) is 3.50. The van der Waals surface area contributed by atoms with Gasteiger partial charge in [0.1, 0.15) is 25.8 Å². The number of rotatable bonds is 12. The molecule has 4 aromatic rings. The molecule has 1 aliphatic rings. The Balaban J connectivity index is 1.58. The van der Waals surface area contributed by atoms with E-state index >= 15 is 0 Å². The zero-order valence-electron chi connectivity index (χ0n) is 28.8. The van der Waals surface area contributed by atoms with Gasteiger partial charge in [-0.2, -0.15) is 4.98 Å². The van der Waals surface area contributed by atoms with E-state index in [4.69, 9.17) is 14.5 Å². The topological polar surface area (TPSA) is 172 Å². The van der Waals surface area contributed by atoms with E-state index in [1.165, 1.54) is 6.07 Å². The van der Waals surface area contributed by atoms with Gasteiger partial charge < -0.3 is 29.6 Å². The minimum Gasteiger partial charge on any atom is -0.490 e. The van der Waals surface area contributed by atoms with Crippen LogP contribution < -0.4 is 29.3 Å². The highest BCUT2D eigenvalue weighted by atomic mass is 32.2. The smallest absolute Gasteiger partial charge is 0.297 e. The van der Waals surface area contributed by atoms with Crippen LogP contribution in [-0.4, -0.2) is 76.4 Å². The molecule has 0 radical (unpaired) electrons. The zero-order valence-corrected chi connectivity index (χ0v) is 29.6. The second kappa shape index (κ2) is 13.9. The molecule has 1 atom stereocenters. The summed E-state index contributed by atoms with van der Waals surface area (Å²) in [7, 11) is -0.898. The summed E-state index contributed by atoms with van der Waals surface area (Å²) in [5.41, 5.74) is 2.15. The lowest BCUT2D eigenvalue weighted by molar-refractivity contribution is -0.384. The van der Waals surface area contributed by atoms with Crippen LogP contribution in [0, 0.1) is 15.5 Å². The van der Waals surface area contributed by atoms with Crippen molar-refractivity contribution in [2.24, 2.45) is 5.41 Å². The van der Waals surface area contributed by atoms with Crippen LogP contribution in [0.4, 0.5) is 28.4 Å². The van der Waals surface area contributed by atoms with Gasteiger partial charge in [0.2, 0.25) is 5.88 Å². The lowest BCUT2D eigenvalue weighted by Gasteiger charge is -2.29. The molecule has 3 N–H and O–H groups in total. The number of H-pyrrole nitrogens is 1. The van der Waals surface area contributed by atoms with E-state index < -0.39 is 31.4 Å². The number of hydrogen-bond acceptors (Lipinski definition) is 11. The molecule has 260 valence electrons. The lowest BCUT2D eigenvalue weighted by Crippen LogP contribution is -2.34. The third-order valence-electron chi connectivity index (χ3n) is 8.28. The van der Waals surface area contributed by atoms with Crippen LogP contribution in [0.5, 0.6) is 11.6 Å². The number of ether oxygens (including phenoxy) is 2. The number of fused-ring (bicyclic) bond motifs is 2. The van der Waals surface area contributed by atoms with Gasteiger partial charge in [0, 0.05) is 55.5 Å². The van der Waals surface area contributed by atoms with E-state index in [9.17, 15) is 23.3 Å². The van der Waals surface area contributed by atoms with Gasteiger partial charge in [-0.05, 0) is 56.0 Å². The van der Waals surface area contributed by atoms with Crippen molar-refractivity contribution in [2.75, 3.05) is 48.5 Å². The number of nitrogens with one attached hydrogen (secondary N) is 3. The van der Waals surface area contributed by atoms with Gasteiger partial charge in [0.05, 0.1) is 27.7 Å². The van der Waals surface area contributed by atoms with Gasteiger partial charge in [0.15, 0.2) is 11.4 Å². The zero-order chi connectivity index (χ0) is 35.7. The van der Waals surface area contributed by atoms with Crippen molar-refractivity contribution in [3.8, 4) is 11.6 Å². The fraction of sp³-hybridized carbons (Fsp3) is 0.394. The van der Waals surface area contributed by atoms with Crippen LogP contribution >= 0.6 is 0 Å². The standard InChI is InChI=1S/C33H42BN7O7S/c1-7-39(6)21-9-10-23(31(42)38-49(45,46)22-17-25(41(43)44)29-27(18-22)48-19-28(34)36-29)24(16-21)40(8-2)26-15-20-11-13-35-30(20)37-32(26)47-14-12-33(3,4)5/h9-11,13,15-18,28,36H,7-8,12,14,19,34H2,1-6H3,(H,35,37)(H,38,42). The molecule has 0 fully saturated rings. The molecule has 14 nitrogen and oxygen atoms in total. The third-order valence-corrected chi connectivity index (χ3v) is 9.59. The van der Waals surface area contributed by atoms with Gasteiger partial charge >= 0.3 is 0 Å². The fourth-order valence-electron chi connectivity index (χ4n) is 5.41. The van der Waals surface area contributed by atoms with Crippen molar-refractivity contribution in [3.63, 3.8) is 0 Å². The van der Waals surface area contributed by atoms with Crippen LogP contribution in [0.2, 0.25) is 0 Å². The van der Waals surface area contributed by atoms with Crippen LogP contribution in [0.1, 0.15) is 51.4 Å². The molecule has 49 heavy (non-hydrogen) atoms. The van der Waals surface area contributed by atoms with E-state index in [1.807, 2.05) is 48.9 Å². The first kappa shape index (κ1) is 35.3. The van der Waals surface area contributed by atoms with Crippen LogP contribution in [0.3, 0.4) is 0 Å². The highest BCUT2D eigenvalue weighted by Gasteiger charge is 2.31. The molecular formula is C33H42BN7O7S. The lowest BCUT2D eigenvalue weighted by atomic mass is 9.93. The minimum atomic E-state index is -4.59. The van der Waals surface area contributed by atoms with E-state index in [0.717, 1.165) is 23.6 Å². The Labute approximate surface area is 286 Å². The number of anilines is 4. The molecule has 0 spiro atoms. The summed E-state index contributed by atoms with van der Waals surface area (Å²) >= 11 is 0. The molecule has 3 heterocycles. The number of nitrogens with zero attached hydrogens (tertiary/aromatic N) is 4. The number of benzene rings is 2. The summed E-state index contributed by atoms with van der Waals surface area (Å²) in [6.45, 7) is 11.9. The number of amides is 1. The van der Waals surface area contributed by atoms with Crippen LogP contribution in [-0.2, 0) is 10.0 Å². The highest BCUT2D eigenvalue weighted by Crippen LogP contribution is 2.41. The predicted molar refractivity (Wildman–Crippen MR) is 193 cm³/mol. The van der Waals surface area contributed by atoms with E-state index in [1.54, 1.807) is 26.2 Å². The number of carbonyl (C=O) groups excluding carboxylic acids is 1. The maximum Gasteiger partial charge on any atom is 0.297 e. The molecule has 1 unspecified atom stereocenters. The first-order valence-electron chi connectivity index (χ1n) is 16.1. The number of aromatic amines is 1. The quantitative estimate of drug-likeness (QED) is 0.106. The van der Waals surface area contributed by atoms with Crippen molar-refractivity contribution in [2.45, 2.75) is 51.9 Å². The largest absolute Gasteiger partial charge is 0.490 e. The third kappa shape index (κ3) is 7.69. The first-order valence-corrected chi connectivity index (χ1v) is 17.6. The van der Waals surface area contributed by atoms with Gasteiger partial charge in [-0.3, -0.25) is 14.9 Å². The summed E-state index contributed by atoms with van der Waals surface area (Å²) in [5.74, 6) is -0.770. The normalized spacial score (nSPS) is 14.4. The number of carbonyl (C=O) groups is 1. The van der Waals surface area contributed by atoms with Crippen LogP contribution in [0.15, 0.2) is 53.6 Å². The highest BCUT2D eigenvalue weighted by molar-refractivity contribution is 7.90. The molecule has 5 rings (SSSR count). The van der Waals surface area contributed by atoms with E-state index in [2.05, 4.69) is 35.8 Å². The van der Waals surface area contributed by atoms with Crippen molar-refractivity contribution >= 4 is 63.2 Å². The summed E-state index contributed by atoms with van der Waals surface area (Å²) in [6.07, 6.45) is 2.55. The number of aromatic nitrogens is 2. The molecule has 0 aliphatic carbocycles. The Morgan fingerprint density at radius 2 is 1.92 bits per heavy atom. The molecule has 2 aromatic carbocycles. The molecule has 2 aromatic heterocycles.